The second-order valence-electron chi connectivity index (χ2n) is 14.8. The second kappa shape index (κ2) is 11.8. The molecule has 0 bridgehead atoms. The van der Waals surface area contributed by atoms with Gasteiger partial charge in [0.1, 0.15) is 16.2 Å². The van der Waals surface area contributed by atoms with Crippen LogP contribution < -0.4 is 4.90 Å². The second-order valence-corrected chi connectivity index (χ2v) is 15.8. The van der Waals surface area contributed by atoms with Gasteiger partial charge in [-0.2, -0.15) is 0 Å². The van der Waals surface area contributed by atoms with Gasteiger partial charge in [0.2, 0.25) is 0 Å². The largest absolute Gasteiger partial charge is 0.455 e. The van der Waals surface area contributed by atoms with Crippen LogP contribution in [-0.4, -0.2) is 4.98 Å². The van der Waals surface area contributed by atoms with E-state index in [4.69, 9.17) is 9.40 Å². The van der Waals surface area contributed by atoms with E-state index in [9.17, 15) is 0 Å². The highest BCUT2D eigenvalue weighted by Gasteiger charge is 2.35. The van der Waals surface area contributed by atoms with Crippen molar-refractivity contribution in [1.29, 1.82) is 0 Å². The SMILES string of the molecule is CC1(C)c2ccccc2-c2ccc(N(c3ccc(-c4nc5ccc6ccccc6c5s4)cc3)c3ccc4oc5c(-c6ccccc6)cccc5c4c3)cc21. The summed E-state index contributed by atoms with van der Waals surface area (Å²) in [6.45, 7) is 4.69. The van der Waals surface area contributed by atoms with Crippen molar-refractivity contribution < 1.29 is 4.42 Å². The highest BCUT2D eigenvalue weighted by atomic mass is 32.1. The van der Waals surface area contributed by atoms with Gasteiger partial charge in [-0.3, -0.25) is 0 Å². The fourth-order valence-corrected chi connectivity index (χ4v) is 9.69. The standard InChI is InChI=1S/C50H34N2OS/c1-50(2)43-18-9-8-15-39(43)40-26-24-36(30-44(40)50)52(34-22-19-33(20-23-34)49-51-45-27-21-32-13-6-7-14-38(32)48(45)54-49)35-25-28-46-42(29-35)41-17-10-16-37(47(41)53-46)31-11-4-3-5-12-31/h3-30H,1-2H3. The average molecular weight is 711 g/mol. The zero-order chi connectivity index (χ0) is 36.0. The maximum atomic E-state index is 6.60. The van der Waals surface area contributed by atoms with E-state index in [1.165, 1.54) is 37.7 Å². The molecule has 0 amide bonds. The lowest BCUT2D eigenvalue weighted by Gasteiger charge is -2.28. The Morgan fingerprint density at radius 2 is 1.22 bits per heavy atom. The van der Waals surface area contributed by atoms with E-state index < -0.39 is 0 Å². The van der Waals surface area contributed by atoms with E-state index in [0.717, 1.165) is 66.2 Å². The van der Waals surface area contributed by atoms with E-state index in [2.05, 4.69) is 189 Å². The van der Waals surface area contributed by atoms with Gasteiger partial charge < -0.3 is 9.32 Å². The van der Waals surface area contributed by atoms with E-state index >= 15 is 0 Å². The predicted molar refractivity (Wildman–Crippen MR) is 228 cm³/mol. The van der Waals surface area contributed by atoms with Gasteiger partial charge in [0, 0.05) is 49.8 Å². The van der Waals surface area contributed by atoms with Crippen LogP contribution >= 0.6 is 11.3 Å². The van der Waals surface area contributed by atoms with Gasteiger partial charge in [0.15, 0.2) is 0 Å². The average Bonchev–Trinajstić information content (AvgIpc) is 3.89. The molecule has 4 heteroatoms. The van der Waals surface area contributed by atoms with Crippen LogP contribution in [0.4, 0.5) is 17.1 Å². The Morgan fingerprint density at radius 3 is 2.11 bits per heavy atom. The smallest absolute Gasteiger partial charge is 0.143 e. The van der Waals surface area contributed by atoms with Gasteiger partial charge >= 0.3 is 0 Å². The summed E-state index contributed by atoms with van der Waals surface area (Å²) >= 11 is 1.76. The van der Waals surface area contributed by atoms with Crippen LogP contribution in [0.2, 0.25) is 0 Å². The number of para-hydroxylation sites is 1. The predicted octanol–water partition coefficient (Wildman–Crippen LogP) is 14.5. The van der Waals surface area contributed by atoms with Gasteiger partial charge in [-0.05, 0) is 93.9 Å². The normalized spacial score (nSPS) is 13.1. The molecule has 3 nitrogen and oxygen atoms in total. The lowest BCUT2D eigenvalue weighted by molar-refractivity contribution is 0.660. The van der Waals surface area contributed by atoms with Gasteiger partial charge in [0.25, 0.3) is 0 Å². The fourth-order valence-electron chi connectivity index (χ4n) is 8.58. The Balaban J connectivity index is 1.07. The first-order valence-electron chi connectivity index (χ1n) is 18.5. The molecule has 0 atom stereocenters. The summed E-state index contributed by atoms with van der Waals surface area (Å²) in [5, 5.41) is 5.72. The van der Waals surface area contributed by atoms with Crippen molar-refractivity contribution in [3.05, 3.63) is 181 Å². The van der Waals surface area contributed by atoms with Crippen molar-refractivity contribution in [2.75, 3.05) is 4.90 Å². The van der Waals surface area contributed by atoms with Crippen LogP contribution in [0.25, 0.3) is 75.8 Å². The van der Waals surface area contributed by atoms with Crippen molar-refractivity contribution in [1.82, 2.24) is 4.98 Å². The summed E-state index contributed by atoms with van der Waals surface area (Å²) in [7, 11) is 0. The van der Waals surface area contributed by atoms with E-state index in [1.807, 2.05) is 0 Å². The molecule has 8 aromatic carbocycles. The number of nitrogens with zero attached hydrogens (tertiary/aromatic N) is 2. The number of hydrogen-bond acceptors (Lipinski definition) is 4. The monoisotopic (exact) mass is 710 g/mol. The van der Waals surface area contributed by atoms with E-state index in [0.29, 0.717) is 0 Å². The third-order valence-corrected chi connectivity index (χ3v) is 12.5. The Labute approximate surface area is 317 Å². The highest BCUT2D eigenvalue weighted by molar-refractivity contribution is 7.22. The maximum Gasteiger partial charge on any atom is 0.143 e. The topological polar surface area (TPSA) is 29.3 Å². The van der Waals surface area contributed by atoms with Crippen molar-refractivity contribution in [3.8, 4) is 32.8 Å². The molecule has 54 heavy (non-hydrogen) atoms. The minimum atomic E-state index is -0.118. The molecule has 2 heterocycles. The van der Waals surface area contributed by atoms with Gasteiger partial charge in [0.05, 0.1) is 10.2 Å². The Kier molecular flexibility index (Phi) is 6.77. The molecular formula is C50H34N2OS. The zero-order valence-corrected chi connectivity index (χ0v) is 30.7. The molecule has 1 aliphatic rings. The molecular weight excluding hydrogens is 677 g/mol. The first-order chi connectivity index (χ1) is 26.5. The van der Waals surface area contributed by atoms with Crippen molar-refractivity contribution >= 4 is 71.3 Å². The number of benzene rings is 8. The van der Waals surface area contributed by atoms with Crippen molar-refractivity contribution in [2.45, 2.75) is 19.3 Å². The molecule has 10 aromatic rings. The van der Waals surface area contributed by atoms with Crippen molar-refractivity contribution in [3.63, 3.8) is 0 Å². The zero-order valence-electron chi connectivity index (χ0n) is 29.9. The van der Waals surface area contributed by atoms with E-state index in [1.54, 1.807) is 11.3 Å². The third kappa shape index (κ3) is 4.70. The lowest BCUT2D eigenvalue weighted by Crippen LogP contribution is -2.16. The Morgan fingerprint density at radius 1 is 0.519 bits per heavy atom. The maximum absolute atomic E-state index is 6.60. The Hall–Kier alpha value is -6.49. The highest BCUT2D eigenvalue weighted by Crippen LogP contribution is 2.51. The summed E-state index contributed by atoms with van der Waals surface area (Å²) in [4.78, 5) is 7.46. The van der Waals surface area contributed by atoms with E-state index in [-0.39, 0.29) is 5.41 Å². The van der Waals surface area contributed by atoms with Crippen LogP contribution in [0.3, 0.4) is 0 Å². The fraction of sp³-hybridized carbons (Fsp3) is 0.0600. The van der Waals surface area contributed by atoms with Crippen molar-refractivity contribution in [2.24, 2.45) is 0 Å². The molecule has 0 aliphatic heterocycles. The number of furan rings is 1. The summed E-state index contributed by atoms with van der Waals surface area (Å²) < 4.78 is 7.83. The quantitative estimate of drug-likeness (QED) is 0.178. The number of aromatic nitrogens is 1. The molecule has 0 fully saturated rings. The molecule has 2 aromatic heterocycles. The van der Waals surface area contributed by atoms with Gasteiger partial charge in [-0.25, -0.2) is 4.98 Å². The number of fused-ring (bicyclic) bond motifs is 9. The minimum Gasteiger partial charge on any atom is -0.455 e. The minimum absolute atomic E-state index is 0.118. The molecule has 0 spiro atoms. The van der Waals surface area contributed by atoms with Crippen LogP contribution in [0, 0.1) is 0 Å². The van der Waals surface area contributed by atoms with Gasteiger partial charge in [-0.1, -0.05) is 123 Å². The first kappa shape index (κ1) is 31.1. The summed E-state index contributed by atoms with van der Waals surface area (Å²) in [5.41, 5.74) is 14.7. The van der Waals surface area contributed by atoms with Gasteiger partial charge in [-0.15, -0.1) is 11.3 Å². The molecule has 0 saturated heterocycles. The number of thiazole rings is 1. The summed E-state index contributed by atoms with van der Waals surface area (Å²) in [6, 6.07) is 61.1. The molecule has 0 radical (unpaired) electrons. The lowest BCUT2D eigenvalue weighted by atomic mass is 9.82. The first-order valence-corrected chi connectivity index (χ1v) is 19.3. The van der Waals surface area contributed by atoms with Crippen LogP contribution in [0.15, 0.2) is 174 Å². The number of anilines is 3. The Bertz CT molecular complexity index is 3080. The molecule has 0 saturated carbocycles. The molecule has 0 unspecified atom stereocenters. The summed E-state index contributed by atoms with van der Waals surface area (Å²) in [6.07, 6.45) is 0. The number of hydrogen-bond donors (Lipinski definition) is 0. The molecule has 0 N–H and O–H groups in total. The molecule has 11 rings (SSSR count). The van der Waals surface area contributed by atoms with Crippen LogP contribution in [0.1, 0.15) is 25.0 Å². The molecule has 1 aliphatic carbocycles. The summed E-state index contributed by atoms with van der Waals surface area (Å²) in [5.74, 6) is 0. The van der Waals surface area contributed by atoms with Crippen LogP contribution in [-0.2, 0) is 5.41 Å². The van der Waals surface area contributed by atoms with Crippen LogP contribution in [0.5, 0.6) is 0 Å². The number of rotatable bonds is 5. The third-order valence-electron chi connectivity index (χ3n) is 11.3. The molecule has 256 valence electrons.